The number of carbonyl (C=O) groups is 7. The number of hydrogen-bond acceptors (Lipinski definition) is 24. The zero-order valence-electron chi connectivity index (χ0n) is 74.0. The Bertz CT molecular complexity index is 4750. The van der Waals surface area contributed by atoms with E-state index in [1.165, 1.54) is 37.8 Å². The number of amides is 8. The van der Waals surface area contributed by atoms with Gasteiger partial charge in [-0.15, -0.1) is 0 Å². The van der Waals surface area contributed by atoms with Crippen LogP contribution in [0.1, 0.15) is 236 Å². The largest absolute Gasteiger partial charge is 0.444 e. The van der Waals surface area contributed by atoms with Gasteiger partial charge in [0.15, 0.2) is 11.6 Å². The summed E-state index contributed by atoms with van der Waals surface area (Å²) in [4.78, 5) is 111. The fraction of sp³-hybridized carbons (Fsp3) is 0.667. The van der Waals surface area contributed by atoms with Crippen molar-refractivity contribution in [3.63, 3.8) is 0 Å². The van der Waals surface area contributed by atoms with Crippen LogP contribution in [0.2, 0.25) is 25.7 Å². The van der Waals surface area contributed by atoms with Crippen molar-refractivity contribution < 1.29 is 61.3 Å². The molecule has 0 aromatic carbocycles. The number of amidine groups is 2. The Morgan fingerprint density at radius 3 is 1.53 bits per heavy atom. The fourth-order valence-corrected chi connectivity index (χ4v) is 18.0. The lowest BCUT2D eigenvalue weighted by molar-refractivity contribution is 0.00153. The Kier molecular flexibility index (Phi) is 28.2. The SMILES string of the molecule is C.CCc1cc(C(=O)NC2=NCC3=C2CN(C(=O)N2C[C@@H]4CCCN4C[C@@H]2C)C3(C)C)on1.CCc1cc(C(=O)NC2=NCC3=C2CNC3(C)C)on1.CCc1cc(C(=O)Nc2nn(COCC[Si](C)(C)C)c3c2CN(C(=O)OC(C)(C)C)C3(C)C)on1.C[C@H]1CN2CCC[C@H]2CN1C(=O)Cl.Cn1nc(N)c2c1C(C)(C)N(C(=O)OC(C)(C)C)C2. The Morgan fingerprint density at radius 1 is 0.608 bits per heavy atom. The van der Waals surface area contributed by atoms with Crippen LogP contribution in [0.25, 0.3) is 0 Å². The minimum atomic E-state index is -1.25. The number of halogens is 1. The minimum absolute atomic E-state index is 0. The number of aryl methyl sites for hydroxylation is 4. The number of piperazine rings is 2. The predicted octanol–water partition coefficient (Wildman–Crippen LogP) is 12.2. The number of nitrogens with two attached hydrogens (primary N) is 1. The lowest BCUT2D eigenvalue weighted by Gasteiger charge is -2.46. The van der Waals surface area contributed by atoms with Crippen LogP contribution in [0.15, 0.2) is 64.0 Å². The molecular formula is C84H130ClN21O13Si. The van der Waals surface area contributed by atoms with Crippen molar-refractivity contribution in [2.24, 2.45) is 17.0 Å². The number of nitrogens with zero attached hydrogens (tertiary/aromatic N) is 16. The molecule has 0 aliphatic carbocycles. The summed E-state index contributed by atoms with van der Waals surface area (Å²) in [5, 5.41) is 32.1. The number of aromatic nitrogens is 7. The second-order valence-electron chi connectivity index (χ2n) is 37.6. The van der Waals surface area contributed by atoms with Gasteiger partial charge >= 0.3 is 23.6 Å². The van der Waals surface area contributed by atoms with Crippen LogP contribution in [0.5, 0.6) is 0 Å². The highest BCUT2D eigenvalue weighted by molar-refractivity contribution is 6.76. The van der Waals surface area contributed by atoms with E-state index < -0.39 is 47.9 Å². The van der Waals surface area contributed by atoms with Gasteiger partial charge in [0.05, 0.1) is 77.8 Å². The number of anilines is 2. The topological polar surface area (TPSA) is 382 Å². The van der Waals surface area contributed by atoms with Gasteiger partial charge in [-0.1, -0.05) is 63.3 Å². The number of aliphatic imine (C=N–C) groups is 2. The maximum atomic E-state index is 13.7. The first-order chi connectivity index (χ1) is 55.6. The maximum absolute atomic E-state index is 13.7. The maximum Gasteiger partial charge on any atom is 0.411 e. The Hall–Kier alpha value is -9.29. The number of rotatable bonds is 12. The van der Waals surface area contributed by atoms with Gasteiger partial charge in [-0.2, -0.15) is 10.2 Å². The van der Waals surface area contributed by atoms with Crippen LogP contribution in [0.3, 0.4) is 0 Å². The van der Waals surface area contributed by atoms with Crippen LogP contribution in [-0.4, -0.2) is 249 Å². The van der Waals surface area contributed by atoms with Gasteiger partial charge in [-0.3, -0.25) is 53.4 Å². The van der Waals surface area contributed by atoms with Gasteiger partial charge in [0, 0.05) is 125 Å². The first kappa shape index (κ1) is 93.0. The van der Waals surface area contributed by atoms with E-state index in [9.17, 15) is 33.6 Å². The summed E-state index contributed by atoms with van der Waals surface area (Å²) in [7, 11) is 0.597. The fourth-order valence-electron chi connectivity index (χ4n) is 17.0. The van der Waals surface area contributed by atoms with E-state index in [4.69, 9.17) is 45.1 Å². The molecule has 5 aromatic heterocycles. The summed E-state index contributed by atoms with van der Waals surface area (Å²) >= 11 is 5.51. The molecule has 0 spiro atoms. The zero-order chi connectivity index (χ0) is 87.1. The summed E-state index contributed by atoms with van der Waals surface area (Å²) in [6.45, 7) is 54.0. The molecule has 10 aliphatic heterocycles. The third kappa shape index (κ3) is 20.6. The molecule has 8 amide bonds. The molecule has 5 aromatic rings. The summed E-state index contributed by atoms with van der Waals surface area (Å²) in [6.07, 6.45) is 6.21. The molecule has 15 heterocycles. The quantitative estimate of drug-likeness (QED) is 0.0335. The second kappa shape index (κ2) is 36.4. The number of ether oxygens (including phenoxy) is 3. The van der Waals surface area contributed by atoms with Crippen molar-refractivity contribution in [2.75, 3.05) is 83.1 Å². The van der Waals surface area contributed by atoms with E-state index in [1.807, 2.05) is 107 Å². The van der Waals surface area contributed by atoms with E-state index in [-0.39, 0.29) is 84.9 Å². The van der Waals surface area contributed by atoms with Crippen LogP contribution in [0.4, 0.5) is 30.8 Å². The van der Waals surface area contributed by atoms with E-state index in [0.717, 1.165) is 102 Å². The van der Waals surface area contributed by atoms with Gasteiger partial charge in [0.25, 0.3) is 17.7 Å². The highest BCUT2D eigenvalue weighted by Crippen LogP contribution is 2.45. The lowest BCUT2D eigenvalue weighted by atomic mass is 9.94. The molecule has 660 valence electrons. The van der Waals surface area contributed by atoms with Crippen LogP contribution in [0, 0.1) is 0 Å². The standard InChI is InChI=1S/C24H39N5O5Si.C23H32N6O3.C14H18N4O2.C13H22N4O2.C9H15ClN2O.CH4/c1-10-16-13-18(34-27-16)21(30)25-20-17-14-28(22(31)33-23(2,3)4)24(5,6)19(17)29(26-20)15-32-11-12-35(7,8)9;1-5-15-9-19(32-26-15)21(30)25-20-17-13-29(23(3,4)18(17)10-24-20)22(31)28-12-16-7-6-8-27(16)11-14(28)2;1-4-8-5-11(20-18-8)13(19)17-12-9-6-16-14(2,3)10(9)7-15-12;1-12(2,3)19-11(18)17-7-8-9(13(17,4)5)16(6)15-10(8)14;1-7-5-11-4-2-3-8(11)6-12(7)9(10)13;/h13H,10-12,14-15H2,1-9H3,(H,25,26,30);9,14,16H,5-8,10-13H2,1-4H3,(H,24,25,30);5,16H,4,6-7H2,1-3H3,(H,15,17,19);7H2,1-6H3,(H2,14,15);7-8H,2-6H2,1H3;1H4/t;14-,16-;;;7-,8-;/m.0..0./s1. The summed E-state index contributed by atoms with van der Waals surface area (Å²) in [6, 6.07) is 7.55. The van der Waals surface area contributed by atoms with Crippen molar-refractivity contribution in [1.29, 1.82) is 0 Å². The van der Waals surface area contributed by atoms with E-state index in [1.54, 1.807) is 42.3 Å². The van der Waals surface area contributed by atoms with E-state index in [2.05, 4.69) is 128 Å². The average molecular weight is 1710 g/mol. The molecule has 0 bridgehead atoms. The summed E-state index contributed by atoms with van der Waals surface area (Å²) < 4.78 is 35.9. The minimum Gasteiger partial charge on any atom is -0.444 e. The van der Waals surface area contributed by atoms with Crippen molar-refractivity contribution >= 4 is 84.3 Å². The smallest absolute Gasteiger partial charge is 0.411 e. The molecule has 0 unspecified atom stereocenters. The third-order valence-electron chi connectivity index (χ3n) is 23.8. The van der Waals surface area contributed by atoms with Gasteiger partial charge in [-0.05, 0) is 198 Å². The molecule has 36 heteroatoms. The molecule has 15 rings (SSSR count). The number of nitrogens with one attached hydrogen (secondary N) is 4. The van der Waals surface area contributed by atoms with Crippen molar-refractivity contribution in [3.8, 4) is 0 Å². The molecule has 0 saturated carbocycles. The zero-order valence-corrected chi connectivity index (χ0v) is 75.8. The summed E-state index contributed by atoms with van der Waals surface area (Å²) in [5.41, 5.74) is 13.1. The number of fused-ring (bicyclic) bond motifs is 4. The molecule has 4 fully saturated rings. The van der Waals surface area contributed by atoms with Gasteiger partial charge in [0.2, 0.25) is 17.3 Å². The first-order valence-corrected chi connectivity index (χ1v) is 45.9. The van der Waals surface area contributed by atoms with Crippen molar-refractivity contribution in [3.05, 3.63) is 97.4 Å². The van der Waals surface area contributed by atoms with Gasteiger partial charge < -0.3 is 69.5 Å². The van der Waals surface area contributed by atoms with E-state index in [0.29, 0.717) is 86.7 Å². The highest BCUT2D eigenvalue weighted by atomic mass is 35.5. The van der Waals surface area contributed by atoms with Crippen molar-refractivity contribution in [2.45, 2.75) is 287 Å². The third-order valence-corrected chi connectivity index (χ3v) is 25.7. The van der Waals surface area contributed by atoms with E-state index >= 15 is 0 Å². The van der Waals surface area contributed by atoms with Crippen LogP contribution >= 0.6 is 11.6 Å². The van der Waals surface area contributed by atoms with Crippen LogP contribution < -0.4 is 27.0 Å². The molecule has 0 radical (unpaired) electrons. The molecule has 4 saturated heterocycles. The van der Waals surface area contributed by atoms with Crippen LogP contribution in [-0.2, 0) is 71.4 Å². The van der Waals surface area contributed by atoms with Gasteiger partial charge in [0.1, 0.15) is 29.6 Å². The Morgan fingerprint density at radius 2 is 1.07 bits per heavy atom. The monoisotopic (exact) mass is 1700 g/mol. The summed E-state index contributed by atoms with van der Waals surface area (Å²) in [5.74, 6) is 1.44. The number of hydrogen-bond donors (Lipinski definition) is 5. The molecule has 4 atom stereocenters. The normalized spacial score (nSPS) is 21.5. The highest BCUT2D eigenvalue weighted by Gasteiger charge is 2.52. The molecule has 120 heavy (non-hydrogen) atoms. The predicted molar refractivity (Wildman–Crippen MR) is 461 cm³/mol. The van der Waals surface area contributed by atoms with Gasteiger partial charge in [-0.25, -0.2) is 19.1 Å². The lowest BCUT2D eigenvalue weighted by Crippen LogP contribution is -2.61. The molecular weight excluding hydrogens is 1570 g/mol. The number of urea groups is 1. The first-order valence-electron chi connectivity index (χ1n) is 41.8. The molecule has 10 aliphatic rings. The Balaban J connectivity index is 0.000000163. The van der Waals surface area contributed by atoms with Crippen molar-refractivity contribution in [1.82, 2.24) is 85.3 Å². The number of nitrogen functional groups attached to an aromatic ring is 1. The second-order valence-corrected chi connectivity index (χ2v) is 43.5. The average Bonchev–Trinajstić information content (AvgIpc) is 1.57. The Labute approximate surface area is 711 Å². The molecule has 34 nitrogen and oxygen atoms in total. The number of carbonyl (C=O) groups excluding carboxylic acids is 7. The molecule has 6 N–H and O–H groups in total.